The first-order chi connectivity index (χ1) is 11.1. The summed E-state index contributed by atoms with van der Waals surface area (Å²) in [4.78, 5) is 27.7. The average Bonchev–Trinajstić information content (AvgIpc) is 3.05. The summed E-state index contributed by atoms with van der Waals surface area (Å²) in [5, 5.41) is 11.1. The van der Waals surface area contributed by atoms with Crippen LogP contribution in [0.25, 0.3) is 0 Å². The van der Waals surface area contributed by atoms with Gasteiger partial charge in [0, 0.05) is 5.69 Å². The summed E-state index contributed by atoms with van der Waals surface area (Å²) in [6.45, 7) is 1.85. The Morgan fingerprint density at radius 2 is 2.13 bits per heavy atom. The fraction of sp³-hybridized carbons (Fsp3) is 0.400. The summed E-state index contributed by atoms with van der Waals surface area (Å²) < 4.78 is 4.91. The number of amides is 1. The minimum absolute atomic E-state index is 0.0509. The number of nitrogens with zero attached hydrogens (tertiary/aromatic N) is 5. The van der Waals surface area contributed by atoms with Gasteiger partial charge in [-0.3, -0.25) is 9.69 Å². The number of anilines is 1. The van der Waals surface area contributed by atoms with Crippen molar-refractivity contribution < 1.29 is 14.3 Å². The number of methoxy groups -OCH3 is 1. The molecule has 8 heteroatoms. The van der Waals surface area contributed by atoms with Gasteiger partial charge in [0.1, 0.15) is 12.6 Å². The first-order valence-electron chi connectivity index (χ1n) is 7.30. The van der Waals surface area contributed by atoms with Gasteiger partial charge in [-0.05, 0) is 29.2 Å². The van der Waals surface area contributed by atoms with Gasteiger partial charge < -0.3 is 4.74 Å². The van der Waals surface area contributed by atoms with Crippen LogP contribution in [0.5, 0.6) is 0 Å². The molecule has 0 saturated carbocycles. The SMILES string of the molecule is COC(=O)[C@@H]1[C@H](C)Cc2ccccc2N1C(=O)Cn1ncnn1. The number of carbonyl (C=O) groups excluding carboxylic acids is 2. The summed E-state index contributed by atoms with van der Waals surface area (Å²) in [5.41, 5.74) is 1.76. The maximum absolute atomic E-state index is 12.8. The average molecular weight is 315 g/mol. The van der Waals surface area contributed by atoms with Crippen molar-refractivity contribution in [2.75, 3.05) is 12.0 Å². The van der Waals surface area contributed by atoms with Crippen LogP contribution in [-0.2, 0) is 27.3 Å². The number of rotatable bonds is 3. The summed E-state index contributed by atoms with van der Waals surface area (Å²) in [6.07, 6.45) is 1.97. The van der Waals surface area contributed by atoms with Crippen LogP contribution in [0.2, 0.25) is 0 Å². The van der Waals surface area contributed by atoms with Crippen molar-refractivity contribution in [1.82, 2.24) is 20.2 Å². The lowest BCUT2D eigenvalue weighted by Crippen LogP contribution is -2.53. The van der Waals surface area contributed by atoms with E-state index in [1.807, 2.05) is 31.2 Å². The lowest BCUT2D eigenvalue weighted by Gasteiger charge is -2.39. The monoisotopic (exact) mass is 315 g/mol. The third-order valence-corrected chi connectivity index (χ3v) is 3.99. The highest BCUT2D eigenvalue weighted by Crippen LogP contribution is 2.34. The van der Waals surface area contributed by atoms with Crippen LogP contribution in [0.3, 0.4) is 0 Å². The second-order valence-corrected chi connectivity index (χ2v) is 5.51. The summed E-state index contributed by atoms with van der Waals surface area (Å²) in [7, 11) is 1.33. The minimum atomic E-state index is -0.661. The molecule has 0 fully saturated rings. The molecular weight excluding hydrogens is 298 g/mol. The van der Waals surface area contributed by atoms with Gasteiger partial charge in [0.05, 0.1) is 7.11 Å². The lowest BCUT2D eigenvalue weighted by molar-refractivity contribution is -0.145. The molecule has 3 rings (SSSR count). The second-order valence-electron chi connectivity index (χ2n) is 5.51. The van der Waals surface area contributed by atoms with Crippen LogP contribution in [0.1, 0.15) is 12.5 Å². The Bertz CT molecular complexity index is 716. The number of para-hydroxylation sites is 1. The number of ether oxygens (including phenoxy) is 1. The Kier molecular flexibility index (Phi) is 4.05. The molecule has 1 aliphatic heterocycles. The zero-order valence-electron chi connectivity index (χ0n) is 12.9. The third kappa shape index (κ3) is 2.79. The fourth-order valence-corrected chi connectivity index (χ4v) is 2.99. The van der Waals surface area contributed by atoms with Crippen molar-refractivity contribution in [3.05, 3.63) is 36.2 Å². The van der Waals surface area contributed by atoms with E-state index in [2.05, 4.69) is 15.4 Å². The summed E-state index contributed by atoms with van der Waals surface area (Å²) in [5.74, 6) is -0.755. The zero-order chi connectivity index (χ0) is 16.4. The molecular formula is C15H17N5O3. The molecule has 8 nitrogen and oxygen atoms in total. The maximum Gasteiger partial charge on any atom is 0.329 e. The number of hydrogen-bond acceptors (Lipinski definition) is 6. The molecule has 0 saturated heterocycles. The van der Waals surface area contributed by atoms with Gasteiger partial charge in [-0.25, -0.2) is 4.79 Å². The molecule has 23 heavy (non-hydrogen) atoms. The number of fused-ring (bicyclic) bond motifs is 1. The summed E-state index contributed by atoms with van der Waals surface area (Å²) in [6, 6.07) is 6.91. The van der Waals surface area contributed by atoms with Crippen LogP contribution < -0.4 is 4.90 Å². The van der Waals surface area contributed by atoms with Crippen LogP contribution in [0.4, 0.5) is 5.69 Å². The van der Waals surface area contributed by atoms with E-state index in [9.17, 15) is 9.59 Å². The highest BCUT2D eigenvalue weighted by molar-refractivity contribution is 6.00. The predicted octanol–water partition coefficient (Wildman–Crippen LogP) is 0.440. The Balaban J connectivity index is 2.00. The largest absolute Gasteiger partial charge is 0.467 e. The van der Waals surface area contributed by atoms with Crippen LogP contribution in [0.15, 0.2) is 30.6 Å². The van der Waals surface area contributed by atoms with E-state index in [0.29, 0.717) is 6.42 Å². The smallest absolute Gasteiger partial charge is 0.329 e. The molecule has 0 N–H and O–H groups in total. The Morgan fingerprint density at radius 1 is 1.35 bits per heavy atom. The van der Waals surface area contributed by atoms with Gasteiger partial charge in [-0.1, -0.05) is 25.1 Å². The number of tetrazole rings is 1. The number of benzene rings is 1. The highest BCUT2D eigenvalue weighted by Gasteiger charge is 2.40. The molecule has 0 bridgehead atoms. The molecule has 1 aromatic carbocycles. The lowest BCUT2D eigenvalue weighted by atomic mass is 9.86. The Hall–Kier alpha value is -2.77. The second kappa shape index (κ2) is 6.15. The van der Waals surface area contributed by atoms with E-state index in [0.717, 1.165) is 11.3 Å². The molecule has 0 spiro atoms. The van der Waals surface area contributed by atoms with Gasteiger partial charge in [0.2, 0.25) is 0 Å². The van der Waals surface area contributed by atoms with Crippen LogP contribution in [-0.4, -0.2) is 45.2 Å². The third-order valence-electron chi connectivity index (χ3n) is 3.99. The maximum atomic E-state index is 12.8. The molecule has 0 unspecified atom stereocenters. The Morgan fingerprint density at radius 3 is 2.83 bits per heavy atom. The van der Waals surface area contributed by atoms with Gasteiger partial charge >= 0.3 is 5.97 Å². The Labute approximate surface area is 133 Å². The van der Waals surface area contributed by atoms with Crippen molar-refractivity contribution in [1.29, 1.82) is 0 Å². The molecule has 120 valence electrons. The number of hydrogen-bond donors (Lipinski definition) is 0. The fourth-order valence-electron chi connectivity index (χ4n) is 2.99. The highest BCUT2D eigenvalue weighted by atomic mass is 16.5. The normalized spacial score (nSPS) is 20.0. The van der Waals surface area contributed by atoms with Crippen molar-refractivity contribution in [2.45, 2.75) is 25.9 Å². The standard InChI is InChI=1S/C15H17N5O3/c1-10-7-11-5-3-4-6-12(11)20(14(10)15(22)23-2)13(21)8-19-17-9-16-18-19/h3-6,9-10,14H,7-8H2,1-2H3/t10-,14+/m1/s1. The molecule has 1 aromatic heterocycles. The molecule has 2 heterocycles. The van der Waals surface area contributed by atoms with Crippen molar-refractivity contribution in [3.8, 4) is 0 Å². The van der Waals surface area contributed by atoms with Crippen LogP contribution >= 0.6 is 0 Å². The van der Waals surface area contributed by atoms with E-state index in [1.165, 1.54) is 23.1 Å². The van der Waals surface area contributed by atoms with Crippen molar-refractivity contribution in [3.63, 3.8) is 0 Å². The van der Waals surface area contributed by atoms with Crippen molar-refractivity contribution >= 4 is 17.6 Å². The zero-order valence-corrected chi connectivity index (χ0v) is 12.9. The molecule has 0 radical (unpaired) electrons. The number of aromatic nitrogens is 4. The van der Waals surface area contributed by atoms with Gasteiger partial charge in [-0.2, -0.15) is 4.80 Å². The van der Waals surface area contributed by atoms with Gasteiger partial charge in [0.15, 0.2) is 6.33 Å². The van der Waals surface area contributed by atoms with E-state index in [1.54, 1.807) is 0 Å². The molecule has 2 aromatic rings. The first kappa shape index (κ1) is 15.1. The number of esters is 1. The molecule has 1 aliphatic rings. The first-order valence-corrected chi connectivity index (χ1v) is 7.30. The molecule has 1 amide bonds. The van der Waals surface area contributed by atoms with E-state index in [-0.39, 0.29) is 18.4 Å². The predicted molar refractivity (Wildman–Crippen MR) is 80.4 cm³/mol. The van der Waals surface area contributed by atoms with Gasteiger partial charge in [0.25, 0.3) is 5.91 Å². The van der Waals surface area contributed by atoms with E-state index in [4.69, 9.17) is 4.74 Å². The van der Waals surface area contributed by atoms with Gasteiger partial charge in [-0.15, -0.1) is 10.2 Å². The van der Waals surface area contributed by atoms with Crippen LogP contribution in [0, 0.1) is 5.92 Å². The minimum Gasteiger partial charge on any atom is -0.467 e. The molecule has 0 aliphatic carbocycles. The topological polar surface area (TPSA) is 90.2 Å². The molecule has 2 atom stereocenters. The van der Waals surface area contributed by atoms with E-state index >= 15 is 0 Å². The van der Waals surface area contributed by atoms with Crippen molar-refractivity contribution in [2.24, 2.45) is 5.92 Å². The number of carbonyl (C=O) groups is 2. The quantitative estimate of drug-likeness (QED) is 0.763. The van der Waals surface area contributed by atoms with E-state index < -0.39 is 12.0 Å². The summed E-state index contributed by atoms with van der Waals surface area (Å²) >= 11 is 0.